The van der Waals surface area contributed by atoms with Gasteiger partial charge in [-0.05, 0) is 75.8 Å². The van der Waals surface area contributed by atoms with Crippen molar-refractivity contribution in [3.8, 4) is 22.9 Å². The lowest BCUT2D eigenvalue weighted by Gasteiger charge is -2.41. The molecule has 12 heteroatoms. The molecule has 5 rings (SSSR count). The number of carbonyl (C=O) groups is 1. The summed E-state index contributed by atoms with van der Waals surface area (Å²) in [6, 6.07) is 10.9. The predicted molar refractivity (Wildman–Crippen MR) is 164 cm³/mol. The Morgan fingerprint density at radius 2 is 1.95 bits per heavy atom. The van der Waals surface area contributed by atoms with Gasteiger partial charge in [-0.1, -0.05) is 18.5 Å². The zero-order valence-electron chi connectivity index (χ0n) is 25.0. The number of alkyl halides is 3. The van der Waals surface area contributed by atoms with E-state index in [4.69, 9.17) is 26.1 Å². The number of carbonyl (C=O) groups excluding carboxylic acids is 1. The fourth-order valence-electron chi connectivity index (χ4n) is 5.98. The molecular formula is C32H37ClF3N5O3. The number of benzene rings is 1. The van der Waals surface area contributed by atoms with Crippen LogP contribution in [0.15, 0.2) is 48.7 Å². The van der Waals surface area contributed by atoms with Crippen LogP contribution in [-0.4, -0.2) is 72.3 Å². The van der Waals surface area contributed by atoms with Crippen molar-refractivity contribution in [1.29, 1.82) is 0 Å². The van der Waals surface area contributed by atoms with E-state index in [0.29, 0.717) is 60.9 Å². The fraction of sp³-hybridized carbons (Fsp3) is 0.469. The van der Waals surface area contributed by atoms with Crippen molar-refractivity contribution in [2.45, 2.75) is 63.9 Å². The molecular weight excluding hydrogens is 595 g/mol. The van der Waals surface area contributed by atoms with E-state index in [1.807, 2.05) is 39.1 Å². The Kier molecular flexibility index (Phi) is 9.84. The Labute approximate surface area is 260 Å². The Morgan fingerprint density at radius 1 is 1.14 bits per heavy atom. The van der Waals surface area contributed by atoms with E-state index < -0.39 is 17.8 Å². The zero-order valence-corrected chi connectivity index (χ0v) is 25.8. The SMILES string of the molecule is CCOc1ncccc1-c1ccc(N2CCC(Oc3ccc(Cl)cc3C(F)(F)F)C[C@@H]2CC)c(C(=O)N[C@@H]2CCN(C)C2)n1. The molecule has 1 aromatic carbocycles. The fourth-order valence-corrected chi connectivity index (χ4v) is 6.15. The summed E-state index contributed by atoms with van der Waals surface area (Å²) in [7, 11) is 2.02. The van der Waals surface area contributed by atoms with Gasteiger partial charge in [0.15, 0.2) is 5.69 Å². The van der Waals surface area contributed by atoms with Gasteiger partial charge in [0.1, 0.15) is 11.9 Å². The third-order valence-corrected chi connectivity index (χ3v) is 8.37. The second kappa shape index (κ2) is 13.6. The third-order valence-electron chi connectivity index (χ3n) is 8.13. The molecule has 0 bridgehead atoms. The average Bonchev–Trinajstić information content (AvgIpc) is 3.41. The number of nitrogens with one attached hydrogen (secondary N) is 1. The van der Waals surface area contributed by atoms with E-state index in [9.17, 15) is 18.0 Å². The van der Waals surface area contributed by atoms with E-state index in [1.54, 1.807) is 12.3 Å². The first-order valence-electron chi connectivity index (χ1n) is 15.0. The molecule has 1 amide bonds. The first-order valence-corrected chi connectivity index (χ1v) is 15.3. The number of amides is 1. The molecule has 3 aromatic rings. The van der Waals surface area contributed by atoms with E-state index >= 15 is 0 Å². The van der Waals surface area contributed by atoms with E-state index in [1.165, 1.54) is 12.1 Å². The highest BCUT2D eigenvalue weighted by molar-refractivity contribution is 6.30. The van der Waals surface area contributed by atoms with Crippen LogP contribution in [-0.2, 0) is 6.18 Å². The number of likely N-dealkylation sites (tertiary alicyclic amines) is 1. The summed E-state index contributed by atoms with van der Waals surface area (Å²) in [6.07, 6.45) is -0.911. The van der Waals surface area contributed by atoms with Crippen molar-refractivity contribution in [3.63, 3.8) is 0 Å². The number of nitrogens with zero attached hydrogens (tertiary/aromatic N) is 4. The number of piperidine rings is 1. The van der Waals surface area contributed by atoms with Crippen LogP contribution in [0, 0.1) is 0 Å². The van der Waals surface area contributed by atoms with Crippen molar-refractivity contribution in [2.75, 3.05) is 38.2 Å². The predicted octanol–water partition coefficient (Wildman–Crippen LogP) is 6.47. The largest absolute Gasteiger partial charge is 0.490 e. The van der Waals surface area contributed by atoms with Crippen molar-refractivity contribution < 1.29 is 27.4 Å². The normalized spacial score (nSPS) is 20.9. The standard InChI is InChI=1S/C32H37ClF3N5O3/c1-4-22-18-23(44-28-11-8-20(33)17-25(28)32(34,35)36)13-16-41(22)27-10-9-26(24-7-6-14-37-31(24)43-5-2)39-29(27)30(42)38-21-12-15-40(3)19-21/h6-11,14,17,21-23H,4-5,12-13,15-16,18-19H2,1-3H3,(H,38,42)/t21-,22+,23?/m1/s1. The van der Waals surface area contributed by atoms with E-state index in [0.717, 1.165) is 25.6 Å². The van der Waals surface area contributed by atoms with Crippen LogP contribution in [0.3, 0.4) is 0 Å². The maximum Gasteiger partial charge on any atom is 0.420 e. The number of pyridine rings is 2. The average molecular weight is 632 g/mol. The first kappa shape index (κ1) is 31.8. The van der Waals surface area contributed by atoms with Gasteiger partial charge in [0, 0.05) is 49.2 Å². The molecule has 2 aliphatic heterocycles. The van der Waals surface area contributed by atoms with Gasteiger partial charge in [0.2, 0.25) is 5.88 Å². The molecule has 236 valence electrons. The Morgan fingerprint density at radius 3 is 2.66 bits per heavy atom. The highest BCUT2D eigenvalue weighted by Crippen LogP contribution is 2.40. The lowest BCUT2D eigenvalue weighted by Crippen LogP contribution is -2.47. The molecule has 2 saturated heterocycles. The number of likely N-dealkylation sites (N-methyl/N-ethyl adjacent to an activating group) is 1. The molecule has 4 heterocycles. The molecule has 1 unspecified atom stereocenters. The minimum absolute atomic E-state index is 0.00316. The van der Waals surface area contributed by atoms with Gasteiger partial charge in [-0.15, -0.1) is 0 Å². The zero-order chi connectivity index (χ0) is 31.4. The van der Waals surface area contributed by atoms with Gasteiger partial charge in [-0.2, -0.15) is 13.2 Å². The van der Waals surface area contributed by atoms with Crippen LogP contribution in [0.2, 0.25) is 5.02 Å². The van der Waals surface area contributed by atoms with Crippen molar-refractivity contribution in [1.82, 2.24) is 20.2 Å². The van der Waals surface area contributed by atoms with Gasteiger partial charge < -0.3 is 24.6 Å². The maximum absolute atomic E-state index is 13.8. The quantitative estimate of drug-likeness (QED) is 0.290. The Balaban J connectivity index is 1.44. The Hall–Kier alpha value is -3.57. The first-order chi connectivity index (χ1) is 21.1. The third kappa shape index (κ3) is 7.21. The van der Waals surface area contributed by atoms with Crippen LogP contribution in [0.4, 0.5) is 18.9 Å². The highest BCUT2D eigenvalue weighted by atomic mass is 35.5. The summed E-state index contributed by atoms with van der Waals surface area (Å²) in [6.45, 7) is 6.45. The van der Waals surface area contributed by atoms with Crippen molar-refractivity contribution in [3.05, 3.63) is 64.9 Å². The molecule has 44 heavy (non-hydrogen) atoms. The summed E-state index contributed by atoms with van der Waals surface area (Å²) in [4.78, 5) is 27.3. The summed E-state index contributed by atoms with van der Waals surface area (Å²) < 4.78 is 52.8. The highest BCUT2D eigenvalue weighted by Gasteiger charge is 2.37. The molecule has 2 fully saturated rings. The van der Waals surface area contributed by atoms with E-state index in [-0.39, 0.29) is 28.8 Å². The number of anilines is 1. The van der Waals surface area contributed by atoms with Gasteiger partial charge in [0.05, 0.1) is 29.1 Å². The van der Waals surface area contributed by atoms with Gasteiger partial charge in [0.25, 0.3) is 5.91 Å². The molecule has 0 radical (unpaired) electrons. The van der Waals surface area contributed by atoms with Crippen LogP contribution >= 0.6 is 11.6 Å². The number of hydrogen-bond donors (Lipinski definition) is 1. The van der Waals surface area contributed by atoms with Crippen LogP contribution in [0.5, 0.6) is 11.6 Å². The molecule has 1 N–H and O–H groups in total. The summed E-state index contributed by atoms with van der Waals surface area (Å²) in [5, 5.41) is 3.16. The summed E-state index contributed by atoms with van der Waals surface area (Å²) >= 11 is 5.86. The Bertz CT molecular complexity index is 1470. The maximum atomic E-state index is 13.8. The topological polar surface area (TPSA) is 79.8 Å². The van der Waals surface area contributed by atoms with E-state index in [2.05, 4.69) is 20.1 Å². The number of ether oxygens (including phenoxy) is 2. The second-order valence-corrected chi connectivity index (χ2v) is 11.7. The molecule has 3 atom stereocenters. The lowest BCUT2D eigenvalue weighted by molar-refractivity contribution is -0.139. The van der Waals surface area contributed by atoms with Crippen molar-refractivity contribution >= 4 is 23.2 Å². The second-order valence-electron chi connectivity index (χ2n) is 11.2. The van der Waals surface area contributed by atoms with Gasteiger partial charge in [-0.25, -0.2) is 9.97 Å². The monoisotopic (exact) mass is 631 g/mol. The van der Waals surface area contributed by atoms with Gasteiger partial charge >= 0.3 is 6.18 Å². The summed E-state index contributed by atoms with van der Waals surface area (Å²) in [5.74, 6) is -0.0681. The summed E-state index contributed by atoms with van der Waals surface area (Å²) in [5.41, 5.74) is 1.31. The van der Waals surface area contributed by atoms with Crippen LogP contribution < -0.4 is 19.7 Å². The van der Waals surface area contributed by atoms with Crippen LogP contribution in [0.1, 0.15) is 55.6 Å². The van der Waals surface area contributed by atoms with Gasteiger partial charge in [-0.3, -0.25) is 4.79 Å². The molecule has 8 nitrogen and oxygen atoms in total. The molecule has 0 spiro atoms. The minimum Gasteiger partial charge on any atom is -0.490 e. The number of aromatic nitrogens is 2. The van der Waals surface area contributed by atoms with Crippen LogP contribution in [0.25, 0.3) is 11.3 Å². The molecule has 0 saturated carbocycles. The smallest absolute Gasteiger partial charge is 0.420 e. The molecule has 2 aromatic heterocycles. The van der Waals surface area contributed by atoms with Crippen molar-refractivity contribution in [2.24, 2.45) is 0 Å². The molecule has 2 aliphatic rings. The molecule has 0 aliphatic carbocycles. The number of rotatable bonds is 9. The lowest BCUT2D eigenvalue weighted by atomic mass is 9.95. The number of hydrogen-bond acceptors (Lipinski definition) is 7. The number of halogens is 4. The minimum atomic E-state index is -4.59.